The third-order valence-electron chi connectivity index (χ3n) is 5.33. The van der Waals surface area contributed by atoms with Crippen molar-refractivity contribution in [3.05, 3.63) is 73.6 Å². The first kappa shape index (κ1) is 16.9. The average molecular weight is 395 g/mol. The fraction of sp³-hybridized carbons (Fsp3) is 0.238. The Bertz CT molecular complexity index is 1040. The summed E-state index contributed by atoms with van der Waals surface area (Å²) in [6.45, 7) is 3.24. The lowest BCUT2D eigenvalue weighted by atomic mass is 9.99. The molecule has 0 radical (unpaired) electrons. The van der Waals surface area contributed by atoms with Crippen LogP contribution in [0.4, 0.5) is 5.69 Å². The summed E-state index contributed by atoms with van der Waals surface area (Å²) in [4.78, 5) is 31.8. The lowest BCUT2D eigenvalue weighted by molar-refractivity contribution is -0.114. The van der Waals surface area contributed by atoms with Gasteiger partial charge in [0, 0.05) is 16.3 Å². The van der Waals surface area contributed by atoms with Crippen molar-refractivity contribution in [3.8, 4) is 0 Å². The highest BCUT2D eigenvalue weighted by molar-refractivity contribution is 7.10. The topological polar surface area (TPSA) is 40.6 Å². The molecule has 5 rings (SSSR count). The summed E-state index contributed by atoms with van der Waals surface area (Å²) in [6, 6.07) is 12.2. The summed E-state index contributed by atoms with van der Waals surface area (Å²) in [5, 5.41) is 4.24. The molecule has 1 atom stereocenters. The van der Waals surface area contributed by atoms with Gasteiger partial charge in [0.15, 0.2) is 0 Å². The molecule has 6 heteroatoms. The molecule has 3 aromatic rings. The van der Waals surface area contributed by atoms with Gasteiger partial charge >= 0.3 is 5.91 Å². The number of anilines is 1. The predicted octanol–water partition coefficient (Wildman–Crippen LogP) is 4.25. The van der Waals surface area contributed by atoms with Crippen molar-refractivity contribution < 1.29 is 9.59 Å². The molecule has 4 heterocycles. The number of carbonyl (C=O) groups excluding carboxylic acids is 2. The van der Waals surface area contributed by atoms with E-state index in [1.165, 1.54) is 15.3 Å². The van der Waals surface area contributed by atoms with Crippen LogP contribution in [0.25, 0.3) is 0 Å². The third kappa shape index (κ3) is 2.67. The number of carbonyl (C=O) groups is 2. The quantitative estimate of drug-likeness (QED) is 0.624. The molecule has 1 amide bonds. The number of hydrogen-bond donors (Lipinski definition) is 0. The van der Waals surface area contributed by atoms with Gasteiger partial charge in [0.2, 0.25) is 0 Å². The van der Waals surface area contributed by atoms with Gasteiger partial charge in [-0.1, -0.05) is 17.7 Å². The number of rotatable bonds is 3. The molecule has 2 aliphatic heterocycles. The number of fused-ring (bicyclic) bond motifs is 2. The van der Waals surface area contributed by atoms with Crippen LogP contribution in [-0.2, 0) is 11.2 Å². The number of hydrogen-bond acceptors (Lipinski definition) is 5. The first-order valence-corrected chi connectivity index (χ1v) is 10.7. The number of Topliss-reactive ketones (excluding diaryl/α,β-unsaturated/α-hetero) is 1. The molecule has 0 bridgehead atoms. The summed E-state index contributed by atoms with van der Waals surface area (Å²) >= 11 is 3.55. The minimum atomic E-state index is -0.420. The Hall–Kier alpha value is -2.28. The number of benzene rings is 1. The second-order valence-corrected chi connectivity index (χ2v) is 8.98. The molecule has 2 aliphatic rings. The predicted molar refractivity (Wildman–Crippen MR) is 109 cm³/mol. The Morgan fingerprint density at radius 1 is 1.11 bits per heavy atom. The summed E-state index contributed by atoms with van der Waals surface area (Å²) in [7, 11) is 0. The first-order valence-electron chi connectivity index (χ1n) is 8.94. The van der Waals surface area contributed by atoms with Gasteiger partial charge in [-0.2, -0.15) is 0 Å². The molecule has 0 saturated carbocycles. The molecule has 0 unspecified atom stereocenters. The van der Waals surface area contributed by atoms with Crippen molar-refractivity contribution in [2.45, 2.75) is 19.4 Å². The van der Waals surface area contributed by atoms with Crippen molar-refractivity contribution in [1.82, 2.24) is 4.90 Å². The number of ketones is 1. The summed E-state index contributed by atoms with van der Waals surface area (Å²) < 4.78 is 0. The second-order valence-electron chi connectivity index (χ2n) is 7.00. The third-order valence-corrected chi connectivity index (χ3v) is 7.25. The van der Waals surface area contributed by atoms with E-state index in [1.807, 2.05) is 25.1 Å². The number of amides is 1. The maximum absolute atomic E-state index is 12.7. The lowest BCUT2D eigenvalue weighted by Crippen LogP contribution is -2.45. The van der Waals surface area contributed by atoms with Crippen molar-refractivity contribution in [2.75, 3.05) is 18.1 Å². The van der Waals surface area contributed by atoms with Gasteiger partial charge in [0.25, 0.3) is 5.78 Å². The number of thiophene rings is 2. The molecule has 136 valence electrons. The molecule has 0 saturated heterocycles. The van der Waals surface area contributed by atoms with E-state index in [2.05, 4.69) is 33.9 Å². The van der Waals surface area contributed by atoms with E-state index in [1.54, 1.807) is 27.6 Å². The Kier molecular flexibility index (Phi) is 4.00. The van der Waals surface area contributed by atoms with Gasteiger partial charge in [-0.05, 0) is 53.9 Å². The number of nitrogens with zero attached hydrogens (tertiary/aromatic N) is 2. The number of aryl methyl sites for hydroxylation is 1. The average Bonchev–Trinajstić information content (AvgIpc) is 3.39. The van der Waals surface area contributed by atoms with Crippen LogP contribution in [0.5, 0.6) is 0 Å². The van der Waals surface area contributed by atoms with E-state index >= 15 is 0 Å². The molecular formula is C21H18N2O2S2. The van der Waals surface area contributed by atoms with Crippen LogP contribution in [-0.4, -0.2) is 29.8 Å². The Morgan fingerprint density at radius 3 is 2.81 bits per heavy atom. The summed E-state index contributed by atoms with van der Waals surface area (Å²) in [6.07, 6.45) is 0.978. The van der Waals surface area contributed by atoms with E-state index in [0.717, 1.165) is 24.2 Å². The molecular weight excluding hydrogens is 376 g/mol. The van der Waals surface area contributed by atoms with Crippen LogP contribution in [0.1, 0.15) is 37.3 Å². The summed E-state index contributed by atoms with van der Waals surface area (Å²) in [5.74, 6) is -0.814. The van der Waals surface area contributed by atoms with Gasteiger partial charge in [0.05, 0.1) is 24.0 Å². The van der Waals surface area contributed by atoms with Gasteiger partial charge in [-0.15, -0.1) is 22.7 Å². The molecule has 0 spiro atoms. The molecule has 2 aromatic heterocycles. The van der Waals surface area contributed by atoms with Crippen LogP contribution in [0.15, 0.2) is 47.2 Å². The van der Waals surface area contributed by atoms with Crippen LogP contribution in [0, 0.1) is 6.92 Å². The van der Waals surface area contributed by atoms with E-state index < -0.39 is 11.7 Å². The van der Waals surface area contributed by atoms with Gasteiger partial charge in [-0.25, -0.2) is 0 Å². The van der Waals surface area contributed by atoms with Gasteiger partial charge < -0.3 is 0 Å². The van der Waals surface area contributed by atoms with Crippen LogP contribution in [0.2, 0.25) is 0 Å². The molecule has 4 nitrogen and oxygen atoms in total. The zero-order valence-electron chi connectivity index (χ0n) is 14.8. The van der Waals surface area contributed by atoms with E-state index in [-0.39, 0.29) is 6.04 Å². The SMILES string of the molecule is Cc1ccc2c(c1)C(=O)C(=O)N2CN1CCc2sccc2[C@@H]1c1cccs1. The van der Waals surface area contributed by atoms with Crippen molar-refractivity contribution >= 4 is 40.1 Å². The highest BCUT2D eigenvalue weighted by atomic mass is 32.1. The molecule has 0 aliphatic carbocycles. The minimum absolute atomic E-state index is 0.136. The van der Waals surface area contributed by atoms with Gasteiger partial charge in [-0.3, -0.25) is 19.4 Å². The monoisotopic (exact) mass is 394 g/mol. The Labute approximate surface area is 165 Å². The van der Waals surface area contributed by atoms with Crippen molar-refractivity contribution in [1.29, 1.82) is 0 Å². The molecule has 0 fully saturated rings. The summed E-state index contributed by atoms with van der Waals surface area (Å²) in [5.41, 5.74) is 3.59. The normalized spacial score (nSPS) is 19.4. The van der Waals surface area contributed by atoms with Crippen molar-refractivity contribution in [3.63, 3.8) is 0 Å². The molecule has 27 heavy (non-hydrogen) atoms. The smallest absolute Gasteiger partial charge is 0.291 e. The molecule has 0 N–H and O–H groups in total. The maximum atomic E-state index is 12.7. The van der Waals surface area contributed by atoms with Crippen molar-refractivity contribution in [2.24, 2.45) is 0 Å². The Morgan fingerprint density at radius 2 is 2.00 bits per heavy atom. The standard InChI is InChI=1S/C21H18N2O2S2/c1-13-4-5-16-15(11-13)20(24)21(25)23(16)12-22-8-6-17-14(7-10-27-17)19(22)18-3-2-9-26-18/h2-5,7,9-11,19H,6,8,12H2,1H3/t19-/m1/s1. The van der Waals surface area contributed by atoms with Crippen LogP contribution < -0.4 is 4.90 Å². The van der Waals surface area contributed by atoms with E-state index in [4.69, 9.17) is 0 Å². The van der Waals surface area contributed by atoms with E-state index in [0.29, 0.717) is 12.2 Å². The van der Waals surface area contributed by atoms with Gasteiger partial charge in [0.1, 0.15) is 0 Å². The highest BCUT2D eigenvalue weighted by Gasteiger charge is 2.39. The fourth-order valence-corrected chi connectivity index (χ4v) is 5.82. The second kappa shape index (κ2) is 6.41. The van der Waals surface area contributed by atoms with Crippen LogP contribution in [0.3, 0.4) is 0 Å². The zero-order chi connectivity index (χ0) is 18.5. The zero-order valence-corrected chi connectivity index (χ0v) is 16.5. The van der Waals surface area contributed by atoms with E-state index in [9.17, 15) is 9.59 Å². The highest BCUT2D eigenvalue weighted by Crippen LogP contribution is 2.40. The largest absolute Gasteiger partial charge is 0.300 e. The molecule has 1 aromatic carbocycles. The fourth-order valence-electron chi connectivity index (χ4n) is 4.04. The maximum Gasteiger partial charge on any atom is 0.300 e. The lowest BCUT2D eigenvalue weighted by Gasteiger charge is -2.37. The van der Waals surface area contributed by atoms with Crippen LogP contribution >= 0.6 is 22.7 Å². The minimum Gasteiger partial charge on any atom is -0.291 e. The first-order chi connectivity index (χ1) is 13.1. The Balaban J connectivity index is 1.52.